The maximum atomic E-state index is 13.3. The summed E-state index contributed by atoms with van der Waals surface area (Å²) in [6, 6.07) is 35.9. The summed E-state index contributed by atoms with van der Waals surface area (Å²) in [5, 5.41) is 2.96. The van der Waals surface area contributed by atoms with Crippen molar-refractivity contribution in [2.24, 2.45) is 0 Å². The van der Waals surface area contributed by atoms with Gasteiger partial charge in [-0.2, -0.15) is 8.42 Å². The van der Waals surface area contributed by atoms with Gasteiger partial charge in [0.1, 0.15) is 0 Å². The number of nitrogens with zero attached hydrogens (tertiary/aromatic N) is 1. The van der Waals surface area contributed by atoms with E-state index in [1.807, 2.05) is 42.5 Å². The van der Waals surface area contributed by atoms with Gasteiger partial charge in [0.25, 0.3) is 0 Å². The number of Topliss-reactive ketones (excluding diaryl/α,β-unsaturated/α-hetero) is 1. The van der Waals surface area contributed by atoms with Gasteiger partial charge in [-0.1, -0.05) is 111 Å². The third-order valence-corrected chi connectivity index (χ3v) is 6.18. The molecule has 0 aliphatic carbocycles. The Morgan fingerprint density at radius 1 is 0.667 bits per heavy atom. The topological polar surface area (TPSA) is 66.5 Å². The van der Waals surface area contributed by atoms with Gasteiger partial charge in [0.2, 0.25) is 10.3 Å². The minimum absolute atomic E-state index is 0. The molecule has 0 spiro atoms. The third kappa shape index (κ3) is 7.50. The maximum absolute atomic E-state index is 13.3. The Morgan fingerprint density at radius 3 is 1.69 bits per heavy atom. The first-order chi connectivity index (χ1) is 17.1. The van der Waals surface area contributed by atoms with Crippen LogP contribution in [0.2, 0.25) is 0 Å². The highest BCUT2D eigenvalue weighted by Gasteiger charge is 2.15. The van der Waals surface area contributed by atoms with E-state index < -0.39 is 10.3 Å². The number of anilines is 1. The number of nitrogens with one attached hydrogen (secondary N) is 1. The predicted octanol–water partition coefficient (Wildman–Crippen LogP) is 5.68. The molecule has 0 atom stereocenters. The van der Waals surface area contributed by atoms with Gasteiger partial charge < -0.3 is 5.32 Å². The molecule has 5 nitrogen and oxygen atoms in total. The van der Waals surface area contributed by atoms with Crippen LogP contribution in [-0.2, 0) is 23.4 Å². The molecule has 6 heteroatoms. The number of carbonyl (C=O) groups excluding carboxylic acids is 1. The highest BCUT2D eigenvalue weighted by molar-refractivity contribution is 7.73. The summed E-state index contributed by atoms with van der Waals surface area (Å²) < 4.78 is 23.7. The van der Waals surface area contributed by atoms with E-state index in [9.17, 15) is 13.2 Å². The van der Waals surface area contributed by atoms with Crippen LogP contribution < -0.4 is 5.32 Å². The molecule has 1 N–H and O–H groups in total. The molecule has 0 unspecified atom stereocenters. The Bertz CT molecular complexity index is 1360. The van der Waals surface area contributed by atoms with Crippen molar-refractivity contribution < 1.29 is 13.2 Å². The van der Waals surface area contributed by atoms with Crippen molar-refractivity contribution in [3.8, 4) is 0 Å². The molecule has 0 aliphatic heterocycles. The number of carbonyl (C=O) groups is 1. The Kier molecular flexibility index (Phi) is 9.74. The second-order valence-electron chi connectivity index (χ2n) is 8.18. The molecular formula is C30H30N2O3S. The maximum Gasteiger partial charge on any atom is 0.238 e. The van der Waals surface area contributed by atoms with Crippen LogP contribution in [0.5, 0.6) is 0 Å². The van der Waals surface area contributed by atoms with Gasteiger partial charge in [-0.25, -0.2) is 0 Å². The molecule has 36 heavy (non-hydrogen) atoms. The largest absolute Gasteiger partial charge is 0.342 e. The van der Waals surface area contributed by atoms with E-state index in [0.717, 1.165) is 11.1 Å². The highest BCUT2D eigenvalue weighted by Crippen LogP contribution is 2.16. The van der Waals surface area contributed by atoms with Crippen LogP contribution in [0.25, 0.3) is 0 Å². The molecule has 0 amide bonds. The van der Waals surface area contributed by atoms with Crippen LogP contribution >= 0.6 is 0 Å². The highest BCUT2D eigenvalue weighted by atomic mass is 32.2. The zero-order valence-electron chi connectivity index (χ0n) is 19.2. The lowest BCUT2D eigenvalue weighted by atomic mass is 10.1. The summed E-state index contributed by atoms with van der Waals surface area (Å²) in [4.78, 5) is 15.5. The van der Waals surface area contributed by atoms with Crippen molar-refractivity contribution in [2.75, 3.05) is 11.9 Å². The molecule has 4 aromatic carbocycles. The monoisotopic (exact) mass is 498 g/mol. The van der Waals surface area contributed by atoms with Crippen LogP contribution in [-0.4, -0.2) is 30.6 Å². The zero-order valence-corrected chi connectivity index (χ0v) is 20.0. The van der Waals surface area contributed by atoms with Crippen LogP contribution in [0.3, 0.4) is 0 Å². The van der Waals surface area contributed by atoms with E-state index in [1.54, 1.807) is 48.5 Å². The number of ketones is 1. The van der Waals surface area contributed by atoms with Crippen molar-refractivity contribution in [1.29, 1.82) is 0 Å². The second-order valence-corrected chi connectivity index (χ2v) is 9.05. The van der Waals surface area contributed by atoms with Gasteiger partial charge in [-0.3, -0.25) is 9.69 Å². The van der Waals surface area contributed by atoms with Crippen molar-refractivity contribution in [2.45, 2.75) is 20.5 Å². The molecule has 184 valence electrons. The predicted molar refractivity (Wildman–Crippen MR) is 148 cm³/mol. The van der Waals surface area contributed by atoms with E-state index in [0.29, 0.717) is 29.9 Å². The zero-order chi connectivity index (χ0) is 24.5. The van der Waals surface area contributed by atoms with Gasteiger partial charge in [-0.15, -0.1) is 0 Å². The summed E-state index contributed by atoms with van der Waals surface area (Å²) >= 11 is 0. The van der Waals surface area contributed by atoms with Gasteiger partial charge in [0, 0.05) is 29.9 Å². The number of hydrogen-bond acceptors (Lipinski definition) is 4. The molecule has 0 bridgehead atoms. The lowest BCUT2D eigenvalue weighted by Gasteiger charge is -2.22. The normalized spacial score (nSPS) is 10.4. The van der Waals surface area contributed by atoms with Gasteiger partial charge in [0.15, 0.2) is 10.8 Å². The van der Waals surface area contributed by atoms with Crippen LogP contribution in [0.1, 0.15) is 34.5 Å². The molecule has 0 heterocycles. The molecule has 0 aromatic heterocycles. The molecule has 0 fully saturated rings. The lowest BCUT2D eigenvalue weighted by molar-refractivity contribution is 0.0920. The number of benzene rings is 4. The van der Waals surface area contributed by atoms with Crippen molar-refractivity contribution >= 4 is 26.8 Å². The molecule has 4 rings (SSSR count). The standard InChI is InChI=1S/C29H26N2O3S.CH4/c32-28(22-31(20-23-11-4-1-5-12-23)21-24-13-6-2-7-14-24)26-17-10-18-27(19-26)30-29(35(33)34)25-15-8-3-9-16-25;/h1-19,30H,20-22H2;1H4. The molecular weight excluding hydrogens is 468 g/mol. The first-order valence-electron chi connectivity index (χ1n) is 11.3. The van der Waals surface area contributed by atoms with Crippen molar-refractivity contribution in [3.63, 3.8) is 0 Å². The van der Waals surface area contributed by atoms with E-state index in [1.165, 1.54) is 0 Å². The van der Waals surface area contributed by atoms with Gasteiger partial charge >= 0.3 is 0 Å². The SMILES string of the molecule is C.O=C(CN(Cc1ccccc1)Cc1ccccc1)c1cccc(NC(c2ccccc2)=S(=O)=O)c1. The third-order valence-electron chi connectivity index (χ3n) is 5.51. The second kappa shape index (κ2) is 13.2. The summed E-state index contributed by atoms with van der Waals surface area (Å²) in [5.41, 5.74) is 3.87. The summed E-state index contributed by atoms with van der Waals surface area (Å²) in [5.74, 6) is -0.0370. The van der Waals surface area contributed by atoms with Crippen LogP contribution in [0, 0.1) is 0 Å². The Morgan fingerprint density at radius 2 is 1.17 bits per heavy atom. The summed E-state index contributed by atoms with van der Waals surface area (Å²) in [6.07, 6.45) is 0. The first kappa shape index (κ1) is 26.6. The minimum Gasteiger partial charge on any atom is -0.342 e. The fraction of sp³-hybridized carbons (Fsp3) is 0.133. The quantitative estimate of drug-likeness (QED) is 0.238. The Labute approximate surface area is 214 Å². The van der Waals surface area contributed by atoms with E-state index >= 15 is 0 Å². The molecule has 0 saturated heterocycles. The summed E-state index contributed by atoms with van der Waals surface area (Å²) in [7, 11) is -2.46. The summed E-state index contributed by atoms with van der Waals surface area (Å²) in [6.45, 7) is 1.51. The fourth-order valence-electron chi connectivity index (χ4n) is 3.85. The Hall–Kier alpha value is -4.00. The van der Waals surface area contributed by atoms with Gasteiger partial charge in [0.05, 0.1) is 6.54 Å². The van der Waals surface area contributed by atoms with Crippen molar-refractivity contribution in [3.05, 3.63) is 138 Å². The number of hydrogen-bond donors (Lipinski definition) is 1. The van der Waals surface area contributed by atoms with E-state index in [-0.39, 0.29) is 24.7 Å². The van der Waals surface area contributed by atoms with Crippen molar-refractivity contribution in [1.82, 2.24) is 4.90 Å². The first-order valence-corrected chi connectivity index (χ1v) is 12.4. The fourth-order valence-corrected chi connectivity index (χ4v) is 4.38. The van der Waals surface area contributed by atoms with Crippen LogP contribution in [0.4, 0.5) is 5.69 Å². The smallest absolute Gasteiger partial charge is 0.238 e. The average molecular weight is 499 g/mol. The Balaban J connectivity index is 0.00000361. The van der Waals surface area contributed by atoms with E-state index in [2.05, 4.69) is 34.5 Å². The molecule has 4 aromatic rings. The lowest BCUT2D eigenvalue weighted by Crippen LogP contribution is -2.29. The van der Waals surface area contributed by atoms with Crippen LogP contribution in [0.15, 0.2) is 115 Å². The molecule has 0 aliphatic rings. The number of rotatable bonds is 9. The minimum atomic E-state index is -2.46. The van der Waals surface area contributed by atoms with E-state index in [4.69, 9.17) is 0 Å². The molecule has 0 saturated carbocycles. The molecule has 0 radical (unpaired) electrons. The average Bonchev–Trinajstić information content (AvgIpc) is 2.89. The van der Waals surface area contributed by atoms with Gasteiger partial charge in [-0.05, 0) is 23.3 Å².